The molecule has 0 aromatic carbocycles. The van der Waals surface area contributed by atoms with Crippen LogP contribution in [0.3, 0.4) is 0 Å². The van der Waals surface area contributed by atoms with Gasteiger partial charge in [-0.15, -0.1) is 13.2 Å². The van der Waals surface area contributed by atoms with Crippen molar-refractivity contribution in [3.8, 4) is 0 Å². The van der Waals surface area contributed by atoms with Crippen molar-refractivity contribution in [3.63, 3.8) is 0 Å². The lowest BCUT2D eigenvalue weighted by Gasteiger charge is -2.20. The maximum absolute atomic E-state index is 9.32. The van der Waals surface area contributed by atoms with Crippen molar-refractivity contribution < 1.29 is 25.2 Å². The molecule has 0 aromatic heterocycles. The SMILES string of the molecule is C=CC(CCCCCCCCC(O)CO)OC(C=C)CCCCCCCCC(O)CO. The highest BCUT2D eigenvalue weighted by Gasteiger charge is 2.11. The third-order valence-electron chi connectivity index (χ3n) is 5.85. The average Bonchev–Trinajstić information content (AvgIpc) is 2.79. The molecule has 184 valence electrons. The molecule has 0 bridgehead atoms. The number of aliphatic hydroxyl groups is 4. The van der Waals surface area contributed by atoms with E-state index in [4.69, 9.17) is 14.9 Å². The highest BCUT2D eigenvalue weighted by Crippen LogP contribution is 2.17. The molecule has 5 nitrogen and oxygen atoms in total. The lowest BCUT2D eigenvalue weighted by molar-refractivity contribution is 0.0299. The quantitative estimate of drug-likeness (QED) is 0.124. The zero-order valence-corrected chi connectivity index (χ0v) is 19.8. The zero-order valence-electron chi connectivity index (χ0n) is 19.8. The molecule has 4 unspecified atom stereocenters. The van der Waals surface area contributed by atoms with Crippen LogP contribution in [0.1, 0.15) is 103 Å². The Morgan fingerprint density at radius 2 is 0.806 bits per heavy atom. The summed E-state index contributed by atoms with van der Waals surface area (Å²) in [6.45, 7) is 7.60. The van der Waals surface area contributed by atoms with Crippen LogP contribution in [-0.2, 0) is 4.74 Å². The van der Waals surface area contributed by atoms with E-state index in [0.29, 0.717) is 12.8 Å². The molecule has 0 saturated carbocycles. The fourth-order valence-electron chi connectivity index (χ4n) is 3.76. The van der Waals surface area contributed by atoms with Gasteiger partial charge in [-0.05, 0) is 25.7 Å². The predicted molar refractivity (Wildman–Crippen MR) is 129 cm³/mol. The van der Waals surface area contributed by atoms with Gasteiger partial charge in [-0.1, -0.05) is 89.2 Å². The minimum absolute atomic E-state index is 0.0839. The van der Waals surface area contributed by atoms with E-state index >= 15 is 0 Å². The summed E-state index contributed by atoms with van der Waals surface area (Å²) in [5, 5.41) is 36.2. The lowest BCUT2D eigenvalue weighted by Crippen LogP contribution is -2.19. The Morgan fingerprint density at radius 1 is 0.516 bits per heavy atom. The molecule has 0 aliphatic rings. The van der Waals surface area contributed by atoms with Crippen LogP contribution in [0.25, 0.3) is 0 Å². The maximum Gasteiger partial charge on any atom is 0.0770 e. The van der Waals surface area contributed by atoms with Crippen LogP contribution < -0.4 is 0 Å². The number of unbranched alkanes of at least 4 members (excludes halogenated alkanes) is 10. The molecule has 0 fully saturated rings. The fourth-order valence-corrected chi connectivity index (χ4v) is 3.76. The maximum atomic E-state index is 9.32. The minimum Gasteiger partial charge on any atom is -0.394 e. The van der Waals surface area contributed by atoms with Crippen LogP contribution in [-0.4, -0.2) is 58.1 Å². The van der Waals surface area contributed by atoms with E-state index in [0.717, 1.165) is 51.4 Å². The number of aliphatic hydroxyl groups excluding tert-OH is 4. The first kappa shape index (κ1) is 30.3. The topological polar surface area (TPSA) is 90.2 Å². The van der Waals surface area contributed by atoms with Crippen LogP contribution in [0, 0.1) is 0 Å². The summed E-state index contributed by atoms with van der Waals surface area (Å²) in [7, 11) is 0. The first-order valence-corrected chi connectivity index (χ1v) is 12.6. The average molecular weight is 443 g/mol. The molecule has 4 N–H and O–H groups in total. The summed E-state index contributed by atoms with van der Waals surface area (Å²) < 4.78 is 6.18. The van der Waals surface area contributed by atoms with E-state index in [-0.39, 0.29) is 25.4 Å². The largest absolute Gasteiger partial charge is 0.394 e. The number of rotatable bonds is 24. The van der Waals surface area contributed by atoms with Gasteiger partial charge in [0.2, 0.25) is 0 Å². The summed E-state index contributed by atoms with van der Waals surface area (Å²) in [5.41, 5.74) is 0. The normalized spacial score (nSPS) is 15.4. The van der Waals surface area contributed by atoms with Gasteiger partial charge >= 0.3 is 0 Å². The molecule has 0 radical (unpaired) electrons. The lowest BCUT2D eigenvalue weighted by atomic mass is 10.0. The van der Waals surface area contributed by atoms with E-state index in [1.807, 2.05) is 12.2 Å². The smallest absolute Gasteiger partial charge is 0.0770 e. The second-order valence-electron chi connectivity index (χ2n) is 8.75. The minimum atomic E-state index is -0.555. The second-order valence-corrected chi connectivity index (χ2v) is 8.75. The third kappa shape index (κ3) is 19.7. The van der Waals surface area contributed by atoms with E-state index < -0.39 is 12.2 Å². The Morgan fingerprint density at radius 3 is 1.10 bits per heavy atom. The van der Waals surface area contributed by atoms with Gasteiger partial charge in [-0.25, -0.2) is 0 Å². The second kappa shape index (κ2) is 22.5. The zero-order chi connectivity index (χ0) is 23.2. The molecule has 5 heteroatoms. The standard InChI is InChI=1S/C26H50O5/c1-3-25(19-15-11-7-5-9-13-17-23(29)21-27)31-26(4-2)20-16-12-8-6-10-14-18-24(30)22-28/h3-4,23-30H,1-2,5-22H2. The summed E-state index contributed by atoms with van der Waals surface area (Å²) in [6.07, 6.45) is 19.8. The molecule has 0 aliphatic heterocycles. The van der Waals surface area contributed by atoms with Gasteiger partial charge in [-0.3, -0.25) is 0 Å². The van der Waals surface area contributed by atoms with Gasteiger partial charge in [0.25, 0.3) is 0 Å². The Kier molecular flexibility index (Phi) is 22.0. The molecule has 0 heterocycles. The van der Waals surface area contributed by atoms with Crippen LogP contribution in [0.15, 0.2) is 25.3 Å². The fraction of sp³-hybridized carbons (Fsp3) is 0.846. The van der Waals surface area contributed by atoms with Crippen molar-refractivity contribution in [2.75, 3.05) is 13.2 Å². The van der Waals surface area contributed by atoms with Crippen molar-refractivity contribution >= 4 is 0 Å². The summed E-state index contributed by atoms with van der Waals surface area (Å²) in [4.78, 5) is 0. The molecule has 31 heavy (non-hydrogen) atoms. The first-order chi connectivity index (χ1) is 15.1. The molecule has 4 atom stereocenters. The number of hydrogen-bond donors (Lipinski definition) is 4. The molecule has 0 spiro atoms. The third-order valence-corrected chi connectivity index (χ3v) is 5.85. The van der Waals surface area contributed by atoms with E-state index in [2.05, 4.69) is 13.2 Å². The monoisotopic (exact) mass is 442 g/mol. The van der Waals surface area contributed by atoms with Crippen LogP contribution in [0.2, 0.25) is 0 Å². The van der Waals surface area contributed by atoms with Gasteiger partial charge in [0.15, 0.2) is 0 Å². The Bertz CT molecular complexity index is 365. The van der Waals surface area contributed by atoms with Gasteiger partial charge < -0.3 is 25.2 Å². The number of ether oxygens (including phenoxy) is 1. The van der Waals surface area contributed by atoms with Crippen molar-refractivity contribution in [2.45, 2.75) is 127 Å². The van der Waals surface area contributed by atoms with E-state index in [1.165, 1.54) is 38.5 Å². The molecular formula is C26H50O5. The molecule has 0 amide bonds. The van der Waals surface area contributed by atoms with Crippen LogP contribution in [0.4, 0.5) is 0 Å². The predicted octanol–water partition coefficient (Wildman–Crippen LogP) is 5.06. The van der Waals surface area contributed by atoms with E-state index in [9.17, 15) is 10.2 Å². The van der Waals surface area contributed by atoms with Crippen molar-refractivity contribution in [1.29, 1.82) is 0 Å². The van der Waals surface area contributed by atoms with Gasteiger partial charge in [0, 0.05) is 0 Å². The molecule has 0 aliphatic carbocycles. The van der Waals surface area contributed by atoms with Crippen LogP contribution >= 0.6 is 0 Å². The molecule has 0 aromatic rings. The highest BCUT2D eigenvalue weighted by atomic mass is 16.5. The highest BCUT2D eigenvalue weighted by molar-refractivity contribution is 4.86. The summed E-state index contributed by atoms with van der Waals surface area (Å²) in [5.74, 6) is 0. The van der Waals surface area contributed by atoms with E-state index in [1.54, 1.807) is 0 Å². The van der Waals surface area contributed by atoms with Crippen molar-refractivity contribution in [1.82, 2.24) is 0 Å². The van der Waals surface area contributed by atoms with Crippen molar-refractivity contribution in [3.05, 3.63) is 25.3 Å². The summed E-state index contributed by atoms with van der Waals surface area (Å²) in [6, 6.07) is 0. The Labute approximate surface area is 191 Å². The molecule has 0 saturated heterocycles. The first-order valence-electron chi connectivity index (χ1n) is 12.6. The molecular weight excluding hydrogens is 392 g/mol. The van der Waals surface area contributed by atoms with Gasteiger partial charge in [-0.2, -0.15) is 0 Å². The Balaban J connectivity index is 3.70. The molecule has 0 rings (SSSR count). The van der Waals surface area contributed by atoms with Gasteiger partial charge in [0.05, 0.1) is 37.6 Å². The summed E-state index contributed by atoms with van der Waals surface area (Å²) >= 11 is 0. The van der Waals surface area contributed by atoms with Gasteiger partial charge in [0.1, 0.15) is 0 Å². The van der Waals surface area contributed by atoms with Crippen molar-refractivity contribution in [2.24, 2.45) is 0 Å². The number of hydrogen-bond acceptors (Lipinski definition) is 5. The van der Waals surface area contributed by atoms with Crippen LogP contribution in [0.5, 0.6) is 0 Å². The Hall–Kier alpha value is -0.720.